The molecule has 1 aromatic heterocycles. The standard InChI is InChI=1S/C4H4N2OS2/c8-4(9)7-3-5-1-2-6-3/h1-2H,(H,5,6)(H,8,9). The van der Waals surface area contributed by atoms with E-state index < -0.39 is 0 Å². The molecule has 1 rings (SSSR count). The minimum absolute atomic E-state index is 0.157. The Labute approximate surface area is 62.9 Å². The van der Waals surface area contributed by atoms with E-state index in [0.29, 0.717) is 6.01 Å². The zero-order chi connectivity index (χ0) is 6.69. The van der Waals surface area contributed by atoms with Crippen LogP contribution in [0.3, 0.4) is 0 Å². The SMILES string of the molecule is S=C(S)Oc1ncc[nH]1. The van der Waals surface area contributed by atoms with Crippen molar-refractivity contribution in [3.8, 4) is 6.01 Å². The van der Waals surface area contributed by atoms with E-state index in [9.17, 15) is 0 Å². The minimum atomic E-state index is 0.157. The van der Waals surface area contributed by atoms with Crippen molar-refractivity contribution in [2.45, 2.75) is 0 Å². The summed E-state index contributed by atoms with van der Waals surface area (Å²) >= 11 is 8.26. The molecule has 5 heteroatoms. The summed E-state index contributed by atoms with van der Waals surface area (Å²) in [6.07, 6.45) is 3.21. The van der Waals surface area contributed by atoms with E-state index >= 15 is 0 Å². The summed E-state index contributed by atoms with van der Waals surface area (Å²) in [6.45, 7) is 0. The van der Waals surface area contributed by atoms with Gasteiger partial charge in [0.05, 0.1) is 0 Å². The molecule has 0 fully saturated rings. The fourth-order valence-electron chi connectivity index (χ4n) is 0.389. The molecule has 0 unspecified atom stereocenters. The Balaban J connectivity index is 2.58. The van der Waals surface area contributed by atoms with Gasteiger partial charge in [-0.15, -0.1) is 0 Å². The minimum Gasteiger partial charge on any atom is -0.408 e. The second-order valence-corrected chi connectivity index (χ2v) is 2.34. The monoisotopic (exact) mass is 160 g/mol. The van der Waals surface area contributed by atoms with Crippen LogP contribution in [0.2, 0.25) is 0 Å². The number of nitrogens with one attached hydrogen (secondary N) is 1. The smallest absolute Gasteiger partial charge is 0.300 e. The van der Waals surface area contributed by atoms with Crippen molar-refractivity contribution in [3.05, 3.63) is 12.4 Å². The van der Waals surface area contributed by atoms with Crippen molar-refractivity contribution in [1.29, 1.82) is 0 Å². The molecule has 0 atom stereocenters. The van der Waals surface area contributed by atoms with Crippen molar-refractivity contribution < 1.29 is 4.74 Å². The Hall–Kier alpha value is -0.550. The van der Waals surface area contributed by atoms with E-state index in [4.69, 9.17) is 4.74 Å². The highest BCUT2D eigenvalue weighted by atomic mass is 32.1. The number of rotatable bonds is 1. The number of aromatic amines is 1. The van der Waals surface area contributed by atoms with Crippen LogP contribution >= 0.6 is 24.8 Å². The van der Waals surface area contributed by atoms with Crippen molar-refractivity contribution in [2.75, 3.05) is 0 Å². The van der Waals surface area contributed by atoms with Gasteiger partial charge in [-0.05, 0) is 12.2 Å². The largest absolute Gasteiger partial charge is 0.408 e. The zero-order valence-electron chi connectivity index (χ0n) is 4.37. The average molecular weight is 160 g/mol. The van der Waals surface area contributed by atoms with Gasteiger partial charge in [0.25, 0.3) is 6.01 Å². The molecule has 0 spiro atoms. The van der Waals surface area contributed by atoms with Gasteiger partial charge >= 0.3 is 0 Å². The number of hydrogen-bond donors (Lipinski definition) is 2. The molecule has 0 saturated carbocycles. The second-order valence-electron chi connectivity index (χ2n) is 1.26. The number of nitrogens with zero attached hydrogens (tertiary/aromatic N) is 1. The van der Waals surface area contributed by atoms with Gasteiger partial charge in [0.1, 0.15) is 0 Å². The van der Waals surface area contributed by atoms with E-state index in [2.05, 4.69) is 34.8 Å². The van der Waals surface area contributed by atoms with Gasteiger partial charge in [-0.2, -0.15) is 0 Å². The fraction of sp³-hybridized carbons (Fsp3) is 0. The normalized spacial score (nSPS) is 9.00. The number of hydrogen-bond acceptors (Lipinski definition) is 3. The number of aromatic nitrogens is 2. The molecular weight excluding hydrogens is 156 g/mol. The predicted molar refractivity (Wildman–Crippen MR) is 40.8 cm³/mol. The third-order valence-corrected chi connectivity index (χ3v) is 0.832. The van der Waals surface area contributed by atoms with Crippen LogP contribution in [0, 0.1) is 0 Å². The lowest BCUT2D eigenvalue weighted by molar-refractivity contribution is 0.535. The molecular formula is C4H4N2OS2. The van der Waals surface area contributed by atoms with Crippen LogP contribution in [0.15, 0.2) is 12.4 Å². The number of thiol groups is 1. The Morgan fingerprint density at radius 3 is 3.11 bits per heavy atom. The summed E-state index contributed by atoms with van der Waals surface area (Å²) < 4.78 is 4.94. The Morgan fingerprint density at radius 2 is 2.67 bits per heavy atom. The van der Waals surface area contributed by atoms with E-state index in [1.807, 2.05) is 0 Å². The number of thiocarbonyl (C=S) groups is 1. The topological polar surface area (TPSA) is 37.9 Å². The van der Waals surface area contributed by atoms with Crippen LogP contribution in [0.1, 0.15) is 0 Å². The predicted octanol–water partition coefficient (Wildman–Crippen LogP) is 1.00. The van der Waals surface area contributed by atoms with E-state index in [0.717, 1.165) is 0 Å². The first kappa shape index (κ1) is 6.57. The maximum atomic E-state index is 4.78. The molecule has 0 bridgehead atoms. The lowest BCUT2D eigenvalue weighted by Crippen LogP contribution is -1.96. The molecule has 1 heterocycles. The second kappa shape index (κ2) is 2.84. The van der Waals surface area contributed by atoms with Crippen LogP contribution in [0.5, 0.6) is 6.01 Å². The first-order valence-electron chi connectivity index (χ1n) is 2.19. The molecule has 0 saturated heterocycles. The van der Waals surface area contributed by atoms with Gasteiger partial charge in [0, 0.05) is 12.4 Å². The van der Waals surface area contributed by atoms with Crippen LogP contribution in [0.4, 0.5) is 0 Å². The summed E-state index contributed by atoms with van der Waals surface area (Å²) in [5, 5.41) is 0. The van der Waals surface area contributed by atoms with Crippen LogP contribution < -0.4 is 4.74 Å². The highest BCUT2D eigenvalue weighted by Crippen LogP contribution is 2.00. The molecule has 0 aliphatic heterocycles. The number of H-pyrrole nitrogens is 1. The molecule has 1 aromatic rings. The van der Waals surface area contributed by atoms with Crippen LogP contribution in [-0.4, -0.2) is 14.4 Å². The molecule has 0 aromatic carbocycles. The molecule has 0 aliphatic rings. The first-order valence-corrected chi connectivity index (χ1v) is 3.05. The molecule has 0 amide bonds. The van der Waals surface area contributed by atoms with E-state index in [1.165, 1.54) is 0 Å². The van der Waals surface area contributed by atoms with Crippen molar-refractivity contribution in [2.24, 2.45) is 0 Å². The number of ether oxygens (including phenoxy) is 1. The maximum absolute atomic E-state index is 4.78. The quantitative estimate of drug-likeness (QED) is 0.475. The van der Waals surface area contributed by atoms with Crippen molar-refractivity contribution in [3.63, 3.8) is 0 Å². The third-order valence-electron chi connectivity index (χ3n) is 0.657. The highest BCUT2D eigenvalue weighted by Gasteiger charge is 1.93. The van der Waals surface area contributed by atoms with Gasteiger partial charge in [-0.25, -0.2) is 4.98 Å². The van der Waals surface area contributed by atoms with E-state index in [-0.39, 0.29) is 4.38 Å². The van der Waals surface area contributed by atoms with Gasteiger partial charge in [0.2, 0.25) is 4.38 Å². The van der Waals surface area contributed by atoms with Gasteiger partial charge < -0.3 is 9.72 Å². The van der Waals surface area contributed by atoms with Gasteiger partial charge in [0.15, 0.2) is 0 Å². The summed E-state index contributed by atoms with van der Waals surface area (Å²) in [7, 11) is 0. The fourth-order valence-corrected chi connectivity index (χ4v) is 0.555. The molecule has 1 N–H and O–H groups in total. The summed E-state index contributed by atoms with van der Waals surface area (Å²) in [5.41, 5.74) is 0. The molecule has 3 nitrogen and oxygen atoms in total. The summed E-state index contributed by atoms with van der Waals surface area (Å²) in [6, 6.07) is 0.370. The van der Waals surface area contributed by atoms with Crippen molar-refractivity contribution in [1.82, 2.24) is 9.97 Å². The molecule has 9 heavy (non-hydrogen) atoms. The van der Waals surface area contributed by atoms with E-state index in [1.54, 1.807) is 12.4 Å². The summed E-state index contributed by atoms with van der Waals surface area (Å²) in [4.78, 5) is 6.44. The average Bonchev–Trinajstić information content (AvgIpc) is 2.15. The third kappa shape index (κ3) is 2.03. The lowest BCUT2D eigenvalue weighted by Gasteiger charge is -1.93. The first-order chi connectivity index (χ1) is 4.29. The maximum Gasteiger partial charge on any atom is 0.300 e. The summed E-state index contributed by atoms with van der Waals surface area (Å²) in [5.74, 6) is 0. The molecule has 48 valence electrons. The van der Waals surface area contributed by atoms with Crippen molar-refractivity contribution >= 4 is 29.2 Å². The Kier molecular flexibility index (Phi) is 2.07. The van der Waals surface area contributed by atoms with Gasteiger partial charge in [-0.3, -0.25) is 0 Å². The Morgan fingerprint density at radius 1 is 1.89 bits per heavy atom. The molecule has 0 radical (unpaired) electrons. The zero-order valence-corrected chi connectivity index (χ0v) is 6.08. The van der Waals surface area contributed by atoms with Crippen LogP contribution in [0.25, 0.3) is 0 Å². The highest BCUT2D eigenvalue weighted by molar-refractivity contribution is 8.10. The number of imidazole rings is 1. The van der Waals surface area contributed by atoms with Gasteiger partial charge in [-0.1, -0.05) is 12.6 Å². The Bertz CT molecular complexity index is 196. The molecule has 0 aliphatic carbocycles. The lowest BCUT2D eigenvalue weighted by atomic mass is 11.0. The van der Waals surface area contributed by atoms with Crippen LogP contribution in [-0.2, 0) is 0 Å².